The topological polar surface area (TPSA) is 40.6 Å². The van der Waals surface area contributed by atoms with Crippen LogP contribution in [-0.2, 0) is 16.1 Å². The van der Waals surface area contributed by atoms with Crippen molar-refractivity contribution in [1.82, 2.24) is 9.80 Å². The van der Waals surface area contributed by atoms with Crippen LogP contribution in [0, 0.1) is 11.7 Å². The largest absolute Gasteiger partial charge is 0.346 e. The van der Waals surface area contributed by atoms with Crippen molar-refractivity contribution in [3.05, 3.63) is 35.6 Å². The number of hydrogen-bond acceptors (Lipinski definition) is 2. The maximum atomic E-state index is 13.1. The highest BCUT2D eigenvalue weighted by Gasteiger charge is 2.35. The number of hydrogen-bond donors (Lipinski definition) is 0. The van der Waals surface area contributed by atoms with Crippen molar-refractivity contribution in [3.63, 3.8) is 0 Å². The van der Waals surface area contributed by atoms with Crippen molar-refractivity contribution >= 4 is 11.8 Å². The van der Waals surface area contributed by atoms with Gasteiger partial charge in [-0.15, -0.1) is 0 Å². The molecule has 1 heterocycles. The lowest BCUT2D eigenvalue weighted by molar-refractivity contribution is -0.148. The van der Waals surface area contributed by atoms with Crippen LogP contribution in [0.1, 0.15) is 39.2 Å². The Morgan fingerprint density at radius 3 is 2.43 bits per heavy atom. The Balaban J connectivity index is 2.16. The van der Waals surface area contributed by atoms with Crippen LogP contribution in [0.2, 0.25) is 0 Å². The third-order valence-electron chi connectivity index (χ3n) is 4.34. The maximum absolute atomic E-state index is 13.1. The van der Waals surface area contributed by atoms with E-state index in [9.17, 15) is 14.0 Å². The summed E-state index contributed by atoms with van der Waals surface area (Å²) in [5.41, 5.74) is 0.520. The van der Waals surface area contributed by atoms with Gasteiger partial charge in [0.05, 0.1) is 0 Å². The van der Waals surface area contributed by atoms with Gasteiger partial charge in [0.15, 0.2) is 0 Å². The monoisotopic (exact) mass is 320 g/mol. The first-order chi connectivity index (χ1) is 10.7. The van der Waals surface area contributed by atoms with Crippen molar-refractivity contribution in [2.24, 2.45) is 5.92 Å². The summed E-state index contributed by atoms with van der Waals surface area (Å²) in [4.78, 5) is 28.3. The summed E-state index contributed by atoms with van der Waals surface area (Å²) in [5.74, 6) is -0.532. The number of nitrogens with zero attached hydrogens (tertiary/aromatic N) is 2. The highest BCUT2D eigenvalue weighted by atomic mass is 19.1. The Kier molecular flexibility index (Phi) is 5.07. The Morgan fingerprint density at radius 2 is 1.91 bits per heavy atom. The molecule has 0 aliphatic carbocycles. The molecule has 0 radical (unpaired) electrons. The number of halogens is 1. The lowest BCUT2D eigenvalue weighted by atomic mass is 9.92. The molecule has 1 aliphatic heterocycles. The lowest BCUT2D eigenvalue weighted by Crippen LogP contribution is -2.50. The fourth-order valence-corrected chi connectivity index (χ4v) is 2.79. The number of amides is 2. The smallest absolute Gasteiger partial charge is 0.227 e. The molecule has 1 aliphatic rings. The normalized spacial score (nSPS) is 18.9. The summed E-state index contributed by atoms with van der Waals surface area (Å²) < 4.78 is 13.1. The molecule has 4 nitrogen and oxygen atoms in total. The van der Waals surface area contributed by atoms with Crippen molar-refractivity contribution in [2.45, 2.75) is 45.7 Å². The van der Waals surface area contributed by atoms with E-state index in [1.807, 2.05) is 20.8 Å². The second kappa shape index (κ2) is 6.69. The average Bonchev–Trinajstić information content (AvgIpc) is 2.47. The van der Waals surface area contributed by atoms with Crippen LogP contribution in [0.5, 0.6) is 0 Å². The Labute approximate surface area is 137 Å². The average molecular weight is 320 g/mol. The quantitative estimate of drug-likeness (QED) is 0.859. The zero-order chi connectivity index (χ0) is 17.2. The van der Waals surface area contributed by atoms with Gasteiger partial charge in [-0.1, -0.05) is 12.1 Å². The summed E-state index contributed by atoms with van der Waals surface area (Å²) >= 11 is 0. The summed E-state index contributed by atoms with van der Waals surface area (Å²) in [7, 11) is 1.77. The van der Waals surface area contributed by atoms with Gasteiger partial charge in [-0.05, 0) is 44.9 Å². The van der Waals surface area contributed by atoms with E-state index in [1.54, 1.807) is 29.0 Å². The van der Waals surface area contributed by atoms with E-state index in [0.29, 0.717) is 19.5 Å². The van der Waals surface area contributed by atoms with Crippen LogP contribution in [0.4, 0.5) is 4.39 Å². The molecule has 0 unspecified atom stereocenters. The van der Waals surface area contributed by atoms with Crippen molar-refractivity contribution < 1.29 is 14.0 Å². The minimum Gasteiger partial charge on any atom is -0.346 e. The SMILES string of the molecule is CN1CC[C@H](C(=O)N(Cc2ccc(F)cc2)C(C)(C)C)CC1=O. The summed E-state index contributed by atoms with van der Waals surface area (Å²) in [5, 5.41) is 0. The van der Waals surface area contributed by atoms with Gasteiger partial charge >= 0.3 is 0 Å². The molecule has 5 heteroatoms. The first-order valence-electron chi connectivity index (χ1n) is 7.98. The Hall–Kier alpha value is -1.91. The number of benzene rings is 1. The summed E-state index contributed by atoms with van der Waals surface area (Å²) in [6.07, 6.45) is 0.961. The molecular weight excluding hydrogens is 295 g/mol. The summed E-state index contributed by atoms with van der Waals surface area (Å²) in [6.45, 7) is 6.97. The standard InChI is InChI=1S/C18H25FN2O2/c1-18(2,3)21(12-13-5-7-15(19)8-6-13)17(23)14-9-10-20(4)16(22)11-14/h5-8,14H,9-12H2,1-4H3/t14-/m0/s1. The van der Waals surface area contributed by atoms with Crippen LogP contribution in [0.25, 0.3) is 0 Å². The van der Waals surface area contributed by atoms with Crippen LogP contribution in [0.3, 0.4) is 0 Å². The van der Waals surface area contributed by atoms with E-state index >= 15 is 0 Å². The molecule has 1 fully saturated rings. The van der Waals surface area contributed by atoms with Crippen LogP contribution in [-0.4, -0.2) is 40.7 Å². The van der Waals surface area contributed by atoms with Crippen LogP contribution < -0.4 is 0 Å². The predicted molar refractivity (Wildman–Crippen MR) is 87.1 cm³/mol. The molecule has 1 atom stereocenters. The second-order valence-corrected chi connectivity index (χ2v) is 7.23. The Morgan fingerprint density at radius 1 is 1.30 bits per heavy atom. The zero-order valence-corrected chi connectivity index (χ0v) is 14.3. The maximum Gasteiger partial charge on any atom is 0.227 e. The predicted octanol–water partition coefficient (Wildman–Crippen LogP) is 2.82. The van der Waals surface area contributed by atoms with Gasteiger partial charge in [0, 0.05) is 38.0 Å². The lowest BCUT2D eigenvalue weighted by Gasteiger charge is -2.39. The molecule has 0 spiro atoms. The third kappa shape index (κ3) is 4.30. The fourth-order valence-electron chi connectivity index (χ4n) is 2.79. The molecule has 1 aromatic carbocycles. The molecule has 0 bridgehead atoms. The molecule has 0 N–H and O–H groups in total. The van der Waals surface area contributed by atoms with Gasteiger partial charge in [0.1, 0.15) is 5.82 Å². The number of likely N-dealkylation sites (tertiary alicyclic amines) is 1. The van der Waals surface area contributed by atoms with E-state index < -0.39 is 0 Å². The molecular formula is C18H25FN2O2. The number of piperidine rings is 1. The van der Waals surface area contributed by atoms with Crippen molar-refractivity contribution in [1.29, 1.82) is 0 Å². The molecule has 1 saturated heterocycles. The minimum atomic E-state index is -0.363. The second-order valence-electron chi connectivity index (χ2n) is 7.23. The van der Waals surface area contributed by atoms with E-state index in [0.717, 1.165) is 5.56 Å². The van der Waals surface area contributed by atoms with Gasteiger partial charge < -0.3 is 9.80 Å². The molecule has 0 aromatic heterocycles. The first kappa shape index (κ1) is 17.4. The van der Waals surface area contributed by atoms with Gasteiger partial charge in [0.2, 0.25) is 11.8 Å². The number of carbonyl (C=O) groups is 2. The van der Waals surface area contributed by atoms with Gasteiger partial charge in [-0.3, -0.25) is 9.59 Å². The van der Waals surface area contributed by atoms with Crippen LogP contribution in [0.15, 0.2) is 24.3 Å². The molecule has 2 amide bonds. The van der Waals surface area contributed by atoms with Gasteiger partial charge in [-0.25, -0.2) is 4.39 Å². The van der Waals surface area contributed by atoms with E-state index in [4.69, 9.17) is 0 Å². The molecule has 1 aromatic rings. The highest BCUT2D eigenvalue weighted by Crippen LogP contribution is 2.26. The van der Waals surface area contributed by atoms with Crippen LogP contribution >= 0.6 is 0 Å². The molecule has 0 saturated carbocycles. The van der Waals surface area contributed by atoms with E-state index in [1.165, 1.54) is 12.1 Å². The van der Waals surface area contributed by atoms with Crippen molar-refractivity contribution in [3.8, 4) is 0 Å². The van der Waals surface area contributed by atoms with Gasteiger partial charge in [-0.2, -0.15) is 0 Å². The molecule has 126 valence electrons. The minimum absolute atomic E-state index is 0.00303. The fraction of sp³-hybridized carbons (Fsp3) is 0.556. The summed E-state index contributed by atoms with van der Waals surface area (Å²) in [6, 6.07) is 6.20. The third-order valence-corrected chi connectivity index (χ3v) is 4.34. The zero-order valence-electron chi connectivity index (χ0n) is 14.3. The Bertz CT molecular complexity index is 578. The van der Waals surface area contributed by atoms with Crippen molar-refractivity contribution in [2.75, 3.05) is 13.6 Å². The first-order valence-corrected chi connectivity index (χ1v) is 7.98. The molecule has 23 heavy (non-hydrogen) atoms. The van der Waals surface area contributed by atoms with E-state index in [2.05, 4.69) is 0 Å². The number of rotatable bonds is 3. The van der Waals surface area contributed by atoms with E-state index in [-0.39, 0.29) is 35.5 Å². The highest BCUT2D eigenvalue weighted by molar-refractivity contribution is 5.87. The van der Waals surface area contributed by atoms with Gasteiger partial charge in [0.25, 0.3) is 0 Å². The number of carbonyl (C=O) groups excluding carboxylic acids is 2. The molecule has 2 rings (SSSR count).